The van der Waals surface area contributed by atoms with Gasteiger partial charge < -0.3 is 4.74 Å². The number of alkyl halides is 4. The third-order valence-electron chi connectivity index (χ3n) is 1.43. The number of halogens is 4. The van der Waals surface area contributed by atoms with Crippen LogP contribution in [0, 0.1) is 11.3 Å². The van der Waals surface area contributed by atoms with Gasteiger partial charge in [-0.25, -0.2) is 0 Å². The highest BCUT2D eigenvalue weighted by atomic mass is 79.9. The van der Waals surface area contributed by atoms with E-state index >= 15 is 0 Å². The molecular weight excluding hydrogens is 277 g/mol. The Bertz CT molecular complexity index is 400. The molecule has 0 spiro atoms. The maximum atomic E-state index is 11.8. The van der Waals surface area contributed by atoms with Crippen molar-refractivity contribution in [1.82, 2.24) is 4.98 Å². The van der Waals surface area contributed by atoms with Gasteiger partial charge in [0.15, 0.2) is 0 Å². The second kappa shape index (κ2) is 4.49. The Morgan fingerprint density at radius 1 is 1.53 bits per heavy atom. The van der Waals surface area contributed by atoms with E-state index < -0.39 is 12.1 Å². The fraction of sp³-hybridized carbons (Fsp3) is 0.250. The summed E-state index contributed by atoms with van der Waals surface area (Å²) in [5, 5.41) is 8.92. The van der Waals surface area contributed by atoms with Gasteiger partial charge in [-0.3, -0.25) is 4.98 Å². The zero-order valence-corrected chi connectivity index (χ0v) is 8.76. The molecule has 0 aliphatic heterocycles. The van der Waals surface area contributed by atoms with Gasteiger partial charge in [-0.1, -0.05) is 15.9 Å². The molecule has 0 radical (unpaired) electrons. The topological polar surface area (TPSA) is 45.9 Å². The van der Waals surface area contributed by atoms with Crippen LogP contribution in [-0.4, -0.2) is 11.3 Å². The zero-order valence-electron chi connectivity index (χ0n) is 7.18. The molecule has 0 aromatic carbocycles. The molecule has 0 atom stereocenters. The molecule has 0 saturated carbocycles. The summed E-state index contributed by atoms with van der Waals surface area (Å²) < 4.78 is 39.1. The van der Waals surface area contributed by atoms with Crippen molar-refractivity contribution >= 4 is 15.9 Å². The van der Waals surface area contributed by atoms with E-state index in [-0.39, 0.29) is 5.56 Å². The van der Waals surface area contributed by atoms with Gasteiger partial charge in [-0.15, -0.1) is 13.2 Å². The molecule has 0 aliphatic rings. The minimum atomic E-state index is -4.77. The molecule has 1 heterocycles. The van der Waals surface area contributed by atoms with E-state index in [0.29, 0.717) is 11.0 Å². The van der Waals surface area contributed by atoms with E-state index in [2.05, 4.69) is 25.7 Å². The summed E-state index contributed by atoms with van der Waals surface area (Å²) in [7, 11) is 0. The Kier molecular flexibility index (Phi) is 3.52. The number of ether oxygens (including phenoxy) is 1. The van der Waals surface area contributed by atoms with Crippen molar-refractivity contribution in [2.75, 3.05) is 0 Å². The van der Waals surface area contributed by atoms with Crippen molar-refractivity contribution in [2.45, 2.75) is 11.7 Å². The number of hydrogen-bond donors (Lipinski definition) is 0. The van der Waals surface area contributed by atoms with Crippen LogP contribution in [0.3, 0.4) is 0 Å². The first-order valence-electron chi connectivity index (χ1n) is 3.67. The fourth-order valence-electron chi connectivity index (χ4n) is 0.867. The molecule has 0 unspecified atom stereocenters. The van der Waals surface area contributed by atoms with Crippen molar-refractivity contribution in [3.8, 4) is 11.8 Å². The largest absolute Gasteiger partial charge is 0.573 e. The molecule has 1 aromatic rings. The maximum absolute atomic E-state index is 11.8. The molecule has 7 heteroatoms. The lowest BCUT2D eigenvalue weighted by atomic mass is 10.2. The van der Waals surface area contributed by atoms with Crippen molar-refractivity contribution in [1.29, 1.82) is 5.26 Å². The standard InChI is InChI=1S/C8H4BrF3N2O/c9-2-7-5(3-13)1-6(4-14-7)15-8(10,11)12/h1,4H,2H2. The van der Waals surface area contributed by atoms with Crippen LogP contribution >= 0.6 is 15.9 Å². The number of rotatable bonds is 2. The van der Waals surface area contributed by atoms with Gasteiger partial charge >= 0.3 is 6.36 Å². The Labute approximate surface area is 91.6 Å². The summed E-state index contributed by atoms with van der Waals surface area (Å²) in [6.07, 6.45) is -3.85. The Balaban J connectivity index is 3.00. The number of nitriles is 1. The fourth-order valence-corrected chi connectivity index (χ4v) is 1.31. The highest BCUT2D eigenvalue weighted by molar-refractivity contribution is 9.08. The third-order valence-corrected chi connectivity index (χ3v) is 1.96. The number of hydrogen-bond acceptors (Lipinski definition) is 3. The second-order valence-electron chi connectivity index (χ2n) is 2.46. The summed E-state index contributed by atoms with van der Waals surface area (Å²) in [4.78, 5) is 3.66. The molecule has 0 bridgehead atoms. The van der Waals surface area contributed by atoms with Gasteiger partial charge in [0, 0.05) is 11.4 Å². The molecule has 0 N–H and O–H groups in total. The van der Waals surface area contributed by atoms with E-state index in [4.69, 9.17) is 5.26 Å². The first kappa shape index (κ1) is 11.8. The lowest BCUT2D eigenvalue weighted by Gasteiger charge is -2.09. The van der Waals surface area contributed by atoms with Crippen LogP contribution in [0.2, 0.25) is 0 Å². The summed E-state index contributed by atoms with van der Waals surface area (Å²) in [5.74, 6) is -0.497. The van der Waals surface area contributed by atoms with Crippen LogP contribution in [0.15, 0.2) is 12.3 Å². The minimum absolute atomic E-state index is 0.0497. The summed E-state index contributed by atoms with van der Waals surface area (Å²) >= 11 is 3.06. The van der Waals surface area contributed by atoms with E-state index in [1.165, 1.54) is 0 Å². The lowest BCUT2D eigenvalue weighted by molar-refractivity contribution is -0.274. The van der Waals surface area contributed by atoms with Gasteiger partial charge in [0.1, 0.15) is 11.8 Å². The average Bonchev–Trinajstić information content (AvgIpc) is 2.15. The SMILES string of the molecule is N#Cc1cc(OC(F)(F)F)cnc1CBr. The Morgan fingerprint density at radius 3 is 2.67 bits per heavy atom. The van der Waals surface area contributed by atoms with Crippen LogP contribution < -0.4 is 4.74 Å². The van der Waals surface area contributed by atoms with Crippen LogP contribution in [-0.2, 0) is 5.33 Å². The van der Waals surface area contributed by atoms with Crippen LogP contribution in [0.25, 0.3) is 0 Å². The van der Waals surface area contributed by atoms with E-state index in [1.54, 1.807) is 6.07 Å². The Hall–Kier alpha value is -1.29. The van der Waals surface area contributed by atoms with Gasteiger partial charge in [-0.05, 0) is 0 Å². The zero-order chi connectivity index (χ0) is 11.5. The van der Waals surface area contributed by atoms with E-state index in [1.807, 2.05) is 0 Å². The number of aromatic nitrogens is 1. The number of pyridine rings is 1. The van der Waals surface area contributed by atoms with Gasteiger partial charge in [0.05, 0.1) is 17.5 Å². The molecule has 1 rings (SSSR count). The van der Waals surface area contributed by atoms with Crippen molar-refractivity contribution in [2.24, 2.45) is 0 Å². The molecular formula is C8H4BrF3N2O. The quantitative estimate of drug-likeness (QED) is 0.783. The summed E-state index contributed by atoms with van der Waals surface area (Å²) in [6.45, 7) is 0. The highest BCUT2D eigenvalue weighted by Gasteiger charge is 2.31. The van der Waals surface area contributed by atoms with Crippen LogP contribution in [0.4, 0.5) is 13.2 Å². The smallest absolute Gasteiger partial charge is 0.404 e. The second-order valence-corrected chi connectivity index (χ2v) is 3.02. The van der Waals surface area contributed by atoms with E-state index in [9.17, 15) is 13.2 Å². The average molecular weight is 281 g/mol. The predicted octanol–water partition coefficient (Wildman–Crippen LogP) is 2.75. The Morgan fingerprint density at radius 2 is 2.20 bits per heavy atom. The van der Waals surface area contributed by atoms with Crippen molar-refractivity contribution < 1.29 is 17.9 Å². The van der Waals surface area contributed by atoms with Crippen LogP contribution in [0.1, 0.15) is 11.3 Å². The third kappa shape index (κ3) is 3.40. The normalized spacial score (nSPS) is 10.9. The molecule has 0 amide bonds. The first-order chi connectivity index (χ1) is 6.96. The monoisotopic (exact) mass is 280 g/mol. The lowest BCUT2D eigenvalue weighted by Crippen LogP contribution is -2.17. The van der Waals surface area contributed by atoms with Crippen molar-refractivity contribution in [3.63, 3.8) is 0 Å². The van der Waals surface area contributed by atoms with E-state index in [0.717, 1.165) is 12.3 Å². The first-order valence-corrected chi connectivity index (χ1v) is 4.79. The van der Waals surface area contributed by atoms with Crippen LogP contribution in [0.5, 0.6) is 5.75 Å². The molecule has 1 aromatic heterocycles. The molecule has 15 heavy (non-hydrogen) atoms. The molecule has 0 aliphatic carbocycles. The maximum Gasteiger partial charge on any atom is 0.573 e. The highest BCUT2D eigenvalue weighted by Crippen LogP contribution is 2.23. The summed E-state index contributed by atoms with van der Waals surface area (Å²) in [6, 6.07) is 2.73. The van der Waals surface area contributed by atoms with Crippen molar-refractivity contribution in [3.05, 3.63) is 23.5 Å². The van der Waals surface area contributed by atoms with Gasteiger partial charge in [0.25, 0.3) is 0 Å². The molecule has 0 saturated heterocycles. The molecule has 3 nitrogen and oxygen atoms in total. The number of nitrogens with zero attached hydrogens (tertiary/aromatic N) is 2. The van der Waals surface area contributed by atoms with Gasteiger partial charge in [0.2, 0.25) is 0 Å². The minimum Gasteiger partial charge on any atom is -0.404 e. The van der Waals surface area contributed by atoms with Gasteiger partial charge in [-0.2, -0.15) is 5.26 Å². The summed E-state index contributed by atoms with van der Waals surface area (Å²) in [5.41, 5.74) is 0.417. The predicted molar refractivity (Wildman–Crippen MR) is 48.3 cm³/mol. The molecule has 0 fully saturated rings. The molecule has 80 valence electrons.